The molecule has 0 aromatic rings. The van der Waals surface area contributed by atoms with Crippen LogP contribution in [0.15, 0.2) is 0 Å². The summed E-state index contributed by atoms with van der Waals surface area (Å²) < 4.78 is 11.2. The molecule has 0 saturated carbocycles. The first-order valence-electron chi connectivity index (χ1n) is 5.17. The highest BCUT2D eigenvalue weighted by Gasteiger charge is 2.60. The van der Waals surface area contributed by atoms with Crippen LogP contribution in [0.3, 0.4) is 0 Å². The third-order valence-electron chi connectivity index (χ3n) is 3.23. The van der Waals surface area contributed by atoms with Crippen LogP contribution in [0.25, 0.3) is 0 Å². The molecule has 3 atom stereocenters. The van der Waals surface area contributed by atoms with Gasteiger partial charge in [0, 0.05) is 19.4 Å². The average molecular weight is 195 g/mol. The molecule has 14 heavy (non-hydrogen) atoms. The minimum Gasteiger partial charge on any atom is -0.377 e. The van der Waals surface area contributed by atoms with Gasteiger partial charge in [0.25, 0.3) is 0 Å². The SMILES string of the molecule is CC(C)(C)C1CC2(CCO1)OC2C#N. The van der Waals surface area contributed by atoms with E-state index in [2.05, 4.69) is 26.8 Å². The van der Waals surface area contributed by atoms with E-state index in [0.717, 1.165) is 19.4 Å². The molecule has 2 fully saturated rings. The zero-order valence-corrected chi connectivity index (χ0v) is 9.04. The molecule has 0 radical (unpaired) electrons. The van der Waals surface area contributed by atoms with Crippen molar-refractivity contribution < 1.29 is 9.47 Å². The second kappa shape index (κ2) is 2.95. The minimum absolute atomic E-state index is 0.138. The molecule has 0 aliphatic carbocycles. The van der Waals surface area contributed by atoms with Crippen molar-refractivity contribution in [1.29, 1.82) is 5.26 Å². The van der Waals surface area contributed by atoms with E-state index in [-0.39, 0.29) is 23.2 Å². The molecule has 3 nitrogen and oxygen atoms in total. The smallest absolute Gasteiger partial charge is 0.173 e. The molecule has 2 aliphatic heterocycles. The molecule has 0 bridgehead atoms. The van der Waals surface area contributed by atoms with E-state index >= 15 is 0 Å². The summed E-state index contributed by atoms with van der Waals surface area (Å²) in [7, 11) is 0. The molecular formula is C11H17NO2. The van der Waals surface area contributed by atoms with Gasteiger partial charge in [-0.1, -0.05) is 20.8 Å². The van der Waals surface area contributed by atoms with Gasteiger partial charge < -0.3 is 9.47 Å². The van der Waals surface area contributed by atoms with E-state index in [1.807, 2.05) is 0 Å². The van der Waals surface area contributed by atoms with Crippen LogP contribution in [-0.2, 0) is 9.47 Å². The van der Waals surface area contributed by atoms with Crippen LogP contribution in [-0.4, -0.2) is 24.4 Å². The normalized spacial score (nSPS) is 42.1. The van der Waals surface area contributed by atoms with Gasteiger partial charge in [-0.2, -0.15) is 5.26 Å². The van der Waals surface area contributed by atoms with Crippen LogP contribution < -0.4 is 0 Å². The van der Waals surface area contributed by atoms with Gasteiger partial charge in [0.1, 0.15) is 5.60 Å². The maximum Gasteiger partial charge on any atom is 0.173 e. The van der Waals surface area contributed by atoms with Crippen molar-refractivity contribution in [3.63, 3.8) is 0 Å². The number of hydrogen-bond acceptors (Lipinski definition) is 3. The Morgan fingerprint density at radius 2 is 2.14 bits per heavy atom. The van der Waals surface area contributed by atoms with Crippen molar-refractivity contribution in [3.8, 4) is 6.07 Å². The van der Waals surface area contributed by atoms with E-state index in [1.165, 1.54) is 0 Å². The first-order chi connectivity index (χ1) is 6.48. The summed E-state index contributed by atoms with van der Waals surface area (Å²) in [5.74, 6) is 0. The fraction of sp³-hybridized carbons (Fsp3) is 0.909. The lowest BCUT2D eigenvalue weighted by molar-refractivity contribution is -0.0735. The molecule has 2 saturated heterocycles. The Bertz CT molecular complexity index is 276. The maximum atomic E-state index is 8.80. The number of rotatable bonds is 0. The summed E-state index contributed by atoms with van der Waals surface area (Å²) in [5.41, 5.74) is -0.0235. The fourth-order valence-corrected chi connectivity index (χ4v) is 2.09. The Balaban J connectivity index is 2.04. The van der Waals surface area contributed by atoms with E-state index in [4.69, 9.17) is 14.7 Å². The van der Waals surface area contributed by atoms with Crippen LogP contribution in [0.4, 0.5) is 0 Å². The van der Waals surface area contributed by atoms with Gasteiger partial charge in [0.15, 0.2) is 6.10 Å². The van der Waals surface area contributed by atoms with Gasteiger partial charge in [-0.15, -0.1) is 0 Å². The molecular weight excluding hydrogens is 178 g/mol. The lowest BCUT2D eigenvalue weighted by Gasteiger charge is -2.36. The predicted octanol–water partition coefficient (Wildman–Crippen LogP) is 1.87. The third-order valence-corrected chi connectivity index (χ3v) is 3.23. The summed E-state index contributed by atoms with van der Waals surface area (Å²) in [6.07, 6.45) is 1.78. The van der Waals surface area contributed by atoms with Crippen molar-refractivity contribution in [3.05, 3.63) is 0 Å². The summed E-state index contributed by atoms with van der Waals surface area (Å²) in [5, 5.41) is 8.80. The fourth-order valence-electron chi connectivity index (χ4n) is 2.09. The Morgan fingerprint density at radius 1 is 1.43 bits per heavy atom. The molecule has 1 spiro atoms. The van der Waals surface area contributed by atoms with Gasteiger partial charge in [-0.05, 0) is 5.41 Å². The van der Waals surface area contributed by atoms with Gasteiger partial charge in [-0.25, -0.2) is 0 Å². The number of epoxide rings is 1. The van der Waals surface area contributed by atoms with Crippen molar-refractivity contribution in [2.24, 2.45) is 5.41 Å². The zero-order chi connectivity index (χ0) is 10.4. The number of hydrogen-bond donors (Lipinski definition) is 0. The average Bonchev–Trinajstić information content (AvgIpc) is 2.77. The van der Waals surface area contributed by atoms with Crippen LogP contribution in [0.2, 0.25) is 0 Å². The lowest BCUT2D eigenvalue weighted by atomic mass is 9.80. The highest BCUT2D eigenvalue weighted by Crippen LogP contribution is 2.48. The van der Waals surface area contributed by atoms with E-state index < -0.39 is 0 Å². The third kappa shape index (κ3) is 1.53. The van der Waals surface area contributed by atoms with E-state index in [9.17, 15) is 0 Å². The maximum absolute atomic E-state index is 8.80. The molecule has 3 heteroatoms. The minimum atomic E-state index is -0.184. The van der Waals surface area contributed by atoms with Crippen LogP contribution in [0, 0.1) is 16.7 Å². The van der Waals surface area contributed by atoms with E-state index in [0.29, 0.717) is 0 Å². The van der Waals surface area contributed by atoms with Gasteiger partial charge >= 0.3 is 0 Å². The molecule has 3 unspecified atom stereocenters. The molecule has 0 N–H and O–H groups in total. The first-order valence-corrected chi connectivity index (χ1v) is 5.17. The summed E-state index contributed by atoms with van der Waals surface area (Å²) in [4.78, 5) is 0. The molecule has 0 aromatic heterocycles. The van der Waals surface area contributed by atoms with Gasteiger partial charge in [0.2, 0.25) is 0 Å². The highest BCUT2D eigenvalue weighted by atomic mass is 16.6. The van der Waals surface area contributed by atoms with Crippen molar-refractivity contribution in [1.82, 2.24) is 0 Å². The molecule has 2 aliphatic rings. The van der Waals surface area contributed by atoms with Gasteiger partial charge in [0.05, 0.1) is 12.2 Å². The quantitative estimate of drug-likeness (QED) is 0.554. The summed E-state index contributed by atoms with van der Waals surface area (Å²) in [6.45, 7) is 7.22. The highest BCUT2D eigenvalue weighted by molar-refractivity contribution is 5.16. The lowest BCUT2D eigenvalue weighted by Crippen LogP contribution is -2.40. The Hall–Kier alpha value is -0.590. The largest absolute Gasteiger partial charge is 0.377 e. The monoisotopic (exact) mass is 195 g/mol. The van der Waals surface area contributed by atoms with Crippen molar-refractivity contribution in [2.45, 2.75) is 51.4 Å². The predicted molar refractivity (Wildman–Crippen MR) is 51.6 cm³/mol. The first kappa shape index (κ1) is 9.95. The zero-order valence-electron chi connectivity index (χ0n) is 9.04. The number of nitriles is 1. The Morgan fingerprint density at radius 3 is 2.64 bits per heavy atom. The Kier molecular flexibility index (Phi) is 2.09. The standard InChI is InChI=1S/C11H17NO2/c1-10(2,3)8-6-11(4-5-13-8)9(7-12)14-11/h8-9H,4-6H2,1-3H3. The Labute approximate surface area is 85.0 Å². The van der Waals surface area contributed by atoms with E-state index in [1.54, 1.807) is 0 Å². The number of nitrogens with zero attached hydrogens (tertiary/aromatic N) is 1. The molecule has 0 amide bonds. The number of ether oxygens (including phenoxy) is 2. The van der Waals surface area contributed by atoms with Crippen molar-refractivity contribution in [2.75, 3.05) is 6.61 Å². The van der Waals surface area contributed by atoms with Crippen LogP contribution >= 0.6 is 0 Å². The van der Waals surface area contributed by atoms with Crippen molar-refractivity contribution >= 4 is 0 Å². The van der Waals surface area contributed by atoms with Crippen LogP contribution in [0.5, 0.6) is 0 Å². The molecule has 0 aromatic carbocycles. The summed E-state index contributed by atoms with van der Waals surface area (Å²) >= 11 is 0. The second-order valence-electron chi connectivity index (χ2n) is 5.37. The van der Waals surface area contributed by atoms with Gasteiger partial charge in [-0.3, -0.25) is 0 Å². The second-order valence-corrected chi connectivity index (χ2v) is 5.37. The summed E-state index contributed by atoms with van der Waals surface area (Å²) in [6, 6.07) is 2.19. The topological polar surface area (TPSA) is 45.5 Å². The molecule has 78 valence electrons. The molecule has 2 rings (SSSR count). The molecule has 2 heterocycles. The van der Waals surface area contributed by atoms with Crippen LogP contribution in [0.1, 0.15) is 33.6 Å².